The molecule has 7 heteroatoms. The highest BCUT2D eigenvalue weighted by molar-refractivity contribution is 7.92. The second-order valence-electron chi connectivity index (χ2n) is 7.46. The van der Waals surface area contributed by atoms with Crippen molar-refractivity contribution in [3.63, 3.8) is 0 Å². The molecule has 2 rings (SSSR count). The van der Waals surface area contributed by atoms with Gasteiger partial charge in [0.1, 0.15) is 5.82 Å². The molecule has 28 heavy (non-hydrogen) atoms. The molecule has 2 aromatic rings. The first kappa shape index (κ1) is 21.9. The number of amides is 1. The van der Waals surface area contributed by atoms with Crippen LogP contribution in [0.5, 0.6) is 0 Å². The summed E-state index contributed by atoms with van der Waals surface area (Å²) in [5.74, 6) is -0.257. The van der Waals surface area contributed by atoms with Crippen molar-refractivity contribution >= 4 is 21.6 Å². The van der Waals surface area contributed by atoms with E-state index in [0.717, 1.165) is 4.31 Å². The smallest absolute Gasteiger partial charge is 0.264 e. The molecule has 0 aliphatic heterocycles. The molecule has 2 aromatic carbocycles. The van der Waals surface area contributed by atoms with Crippen molar-refractivity contribution in [3.05, 3.63) is 59.9 Å². The zero-order chi connectivity index (χ0) is 21.1. The van der Waals surface area contributed by atoms with E-state index in [1.807, 2.05) is 27.7 Å². The average molecular weight is 407 g/mol. The number of carbonyl (C=O) groups excluding carboxylic acids is 1. The number of hydrogen-bond donors (Lipinski definition) is 1. The van der Waals surface area contributed by atoms with Gasteiger partial charge in [-0.3, -0.25) is 9.10 Å². The molecule has 0 saturated heterocycles. The van der Waals surface area contributed by atoms with Crippen LogP contribution in [0.15, 0.2) is 53.4 Å². The van der Waals surface area contributed by atoms with Crippen molar-refractivity contribution in [1.82, 2.24) is 5.32 Å². The minimum atomic E-state index is -3.89. The Bertz CT molecular complexity index is 917. The maximum absolute atomic E-state index is 13.1. The summed E-state index contributed by atoms with van der Waals surface area (Å²) in [4.78, 5) is 12.7. The zero-order valence-electron chi connectivity index (χ0n) is 16.8. The van der Waals surface area contributed by atoms with E-state index in [9.17, 15) is 17.6 Å². The van der Waals surface area contributed by atoms with Crippen LogP contribution < -0.4 is 9.62 Å². The average Bonchev–Trinajstić information content (AvgIpc) is 2.65. The van der Waals surface area contributed by atoms with Crippen LogP contribution >= 0.6 is 0 Å². The van der Waals surface area contributed by atoms with Gasteiger partial charge in [0.25, 0.3) is 15.9 Å². The molecule has 152 valence electrons. The third-order valence-corrected chi connectivity index (χ3v) is 6.46. The Morgan fingerprint density at radius 2 is 1.57 bits per heavy atom. The highest BCUT2D eigenvalue weighted by Crippen LogP contribution is 2.23. The molecule has 0 bridgehead atoms. The number of hydrogen-bond acceptors (Lipinski definition) is 3. The number of halogens is 1. The third kappa shape index (κ3) is 4.90. The van der Waals surface area contributed by atoms with Gasteiger partial charge in [-0.25, -0.2) is 12.8 Å². The largest absolute Gasteiger partial charge is 0.349 e. The van der Waals surface area contributed by atoms with Crippen molar-refractivity contribution in [1.29, 1.82) is 0 Å². The van der Waals surface area contributed by atoms with Crippen LogP contribution in [0.1, 0.15) is 38.1 Å². The van der Waals surface area contributed by atoms with E-state index in [2.05, 4.69) is 5.32 Å². The SMILES string of the molecule is CC(C)C(NC(=O)c1cccc(S(=O)(=O)N(C)c2ccc(F)cc2)c1)C(C)C. The Balaban J connectivity index is 2.30. The van der Waals surface area contributed by atoms with Crippen LogP contribution in [0.4, 0.5) is 10.1 Å². The topological polar surface area (TPSA) is 66.5 Å². The lowest BCUT2D eigenvalue weighted by molar-refractivity contribution is 0.0910. The zero-order valence-corrected chi connectivity index (χ0v) is 17.6. The van der Waals surface area contributed by atoms with Gasteiger partial charge in [-0.15, -0.1) is 0 Å². The lowest BCUT2D eigenvalue weighted by atomic mass is 9.93. The van der Waals surface area contributed by atoms with Crippen LogP contribution in [-0.4, -0.2) is 27.4 Å². The quantitative estimate of drug-likeness (QED) is 0.754. The molecule has 0 heterocycles. The molecule has 0 aliphatic carbocycles. The minimum Gasteiger partial charge on any atom is -0.349 e. The van der Waals surface area contributed by atoms with E-state index in [0.29, 0.717) is 5.69 Å². The molecule has 5 nitrogen and oxygen atoms in total. The summed E-state index contributed by atoms with van der Waals surface area (Å²) in [6, 6.07) is 11.1. The Morgan fingerprint density at radius 3 is 2.11 bits per heavy atom. The molecule has 0 atom stereocenters. The van der Waals surface area contributed by atoms with Gasteiger partial charge in [0, 0.05) is 18.7 Å². The Morgan fingerprint density at radius 1 is 1.00 bits per heavy atom. The minimum absolute atomic E-state index is 0.00220. The molecule has 0 aromatic heterocycles. The first-order valence-electron chi connectivity index (χ1n) is 9.19. The van der Waals surface area contributed by atoms with Gasteiger partial charge in [0.15, 0.2) is 0 Å². The maximum Gasteiger partial charge on any atom is 0.264 e. The Kier molecular flexibility index (Phi) is 6.82. The summed E-state index contributed by atoms with van der Waals surface area (Å²) < 4.78 is 40.0. The molecule has 0 unspecified atom stereocenters. The molecule has 0 radical (unpaired) electrons. The normalized spacial score (nSPS) is 11.9. The Labute approximate surface area is 166 Å². The standard InChI is InChI=1S/C21H27FN2O3S/c1-14(2)20(15(3)4)23-21(25)16-7-6-8-19(13-16)28(26,27)24(5)18-11-9-17(22)10-12-18/h6-15,20H,1-5H3,(H,23,25). The van der Waals surface area contributed by atoms with Crippen LogP contribution in [0.3, 0.4) is 0 Å². The summed E-state index contributed by atoms with van der Waals surface area (Å²) in [5, 5.41) is 2.99. The number of carbonyl (C=O) groups is 1. The number of benzene rings is 2. The van der Waals surface area contributed by atoms with Crippen LogP contribution in [0.2, 0.25) is 0 Å². The lowest BCUT2D eigenvalue weighted by Crippen LogP contribution is -2.42. The van der Waals surface area contributed by atoms with Crippen LogP contribution in [-0.2, 0) is 10.0 Å². The fourth-order valence-electron chi connectivity index (χ4n) is 3.08. The number of sulfonamides is 1. The summed E-state index contributed by atoms with van der Waals surface area (Å²) in [5.41, 5.74) is 0.607. The van der Waals surface area contributed by atoms with Crippen molar-refractivity contribution in [3.8, 4) is 0 Å². The van der Waals surface area contributed by atoms with E-state index in [1.54, 1.807) is 12.1 Å². The second-order valence-corrected chi connectivity index (χ2v) is 9.43. The first-order chi connectivity index (χ1) is 13.0. The van der Waals surface area contributed by atoms with Crippen LogP contribution in [0.25, 0.3) is 0 Å². The predicted molar refractivity (Wildman–Crippen MR) is 109 cm³/mol. The van der Waals surface area contributed by atoms with E-state index < -0.39 is 15.8 Å². The van der Waals surface area contributed by atoms with Crippen LogP contribution in [0, 0.1) is 17.7 Å². The van der Waals surface area contributed by atoms with Gasteiger partial charge in [-0.2, -0.15) is 0 Å². The first-order valence-corrected chi connectivity index (χ1v) is 10.6. The molecular formula is C21H27FN2O3S. The van der Waals surface area contributed by atoms with Gasteiger partial charge in [-0.1, -0.05) is 33.8 Å². The predicted octanol–water partition coefficient (Wildman–Crippen LogP) is 4.06. The van der Waals surface area contributed by atoms with Gasteiger partial charge in [0.2, 0.25) is 0 Å². The number of rotatable bonds is 7. The highest BCUT2D eigenvalue weighted by Gasteiger charge is 2.24. The molecular weight excluding hydrogens is 379 g/mol. The van der Waals surface area contributed by atoms with E-state index >= 15 is 0 Å². The van der Waals surface area contributed by atoms with Crippen molar-refractivity contribution in [2.45, 2.75) is 38.6 Å². The molecule has 0 aliphatic rings. The lowest BCUT2D eigenvalue weighted by Gasteiger charge is -2.26. The van der Waals surface area contributed by atoms with E-state index in [1.165, 1.54) is 43.4 Å². The number of nitrogens with one attached hydrogen (secondary N) is 1. The van der Waals surface area contributed by atoms with Gasteiger partial charge >= 0.3 is 0 Å². The third-order valence-electron chi connectivity index (χ3n) is 4.68. The van der Waals surface area contributed by atoms with E-state index in [4.69, 9.17) is 0 Å². The van der Waals surface area contributed by atoms with Gasteiger partial charge in [0.05, 0.1) is 10.6 Å². The monoisotopic (exact) mass is 406 g/mol. The summed E-state index contributed by atoms with van der Waals surface area (Å²) in [7, 11) is -2.50. The molecule has 0 saturated carbocycles. The number of nitrogens with zero attached hydrogens (tertiary/aromatic N) is 1. The summed E-state index contributed by atoms with van der Waals surface area (Å²) >= 11 is 0. The van der Waals surface area contributed by atoms with Gasteiger partial charge < -0.3 is 5.32 Å². The van der Waals surface area contributed by atoms with Crippen molar-refractivity contribution in [2.75, 3.05) is 11.4 Å². The van der Waals surface area contributed by atoms with Gasteiger partial charge in [-0.05, 0) is 54.3 Å². The maximum atomic E-state index is 13.1. The summed E-state index contributed by atoms with van der Waals surface area (Å²) in [6.07, 6.45) is 0. The fourth-order valence-corrected chi connectivity index (χ4v) is 4.33. The molecule has 0 fully saturated rings. The number of anilines is 1. The molecule has 1 amide bonds. The highest BCUT2D eigenvalue weighted by atomic mass is 32.2. The Hall–Kier alpha value is -2.41. The molecule has 1 N–H and O–H groups in total. The van der Waals surface area contributed by atoms with Crippen molar-refractivity contribution < 1.29 is 17.6 Å². The second kappa shape index (κ2) is 8.73. The molecule has 0 spiro atoms. The van der Waals surface area contributed by atoms with Crippen molar-refractivity contribution in [2.24, 2.45) is 11.8 Å². The van der Waals surface area contributed by atoms with E-state index in [-0.39, 0.29) is 34.2 Å². The fraction of sp³-hybridized carbons (Fsp3) is 0.381. The summed E-state index contributed by atoms with van der Waals surface area (Å²) in [6.45, 7) is 8.12.